The van der Waals surface area contributed by atoms with Crippen LogP contribution >= 0.6 is 0 Å². The molecule has 1 aromatic heterocycles. The molecule has 168 valence electrons. The van der Waals surface area contributed by atoms with Crippen molar-refractivity contribution < 1.29 is 14.6 Å². The summed E-state index contributed by atoms with van der Waals surface area (Å²) in [5.74, 6) is 0.592. The first-order valence-electron chi connectivity index (χ1n) is 10.8. The predicted molar refractivity (Wildman–Crippen MR) is 123 cm³/mol. The third kappa shape index (κ3) is 5.54. The summed E-state index contributed by atoms with van der Waals surface area (Å²) in [6.07, 6.45) is 3.50. The van der Waals surface area contributed by atoms with Crippen molar-refractivity contribution in [2.75, 3.05) is 45.7 Å². The Morgan fingerprint density at radius 1 is 1.23 bits per heavy atom. The smallest absolute Gasteiger partial charge is 0.258 e. The number of rotatable bonds is 7. The lowest BCUT2D eigenvalue weighted by Gasteiger charge is -2.38. The Hall–Kier alpha value is -2.64. The van der Waals surface area contributed by atoms with Gasteiger partial charge in [0, 0.05) is 57.7 Å². The summed E-state index contributed by atoms with van der Waals surface area (Å²) < 4.78 is 6.44. The Kier molecular flexibility index (Phi) is 7.51. The predicted octanol–water partition coefficient (Wildman–Crippen LogP) is 2.50. The molecular weight excluding hydrogens is 392 g/mol. The lowest BCUT2D eigenvalue weighted by molar-refractivity contribution is 0.0341. The van der Waals surface area contributed by atoms with E-state index in [0.717, 1.165) is 12.2 Å². The van der Waals surface area contributed by atoms with E-state index in [1.807, 2.05) is 56.3 Å². The molecule has 1 aliphatic rings. The van der Waals surface area contributed by atoms with E-state index in [1.54, 1.807) is 17.3 Å². The Morgan fingerprint density at radius 3 is 2.58 bits per heavy atom. The van der Waals surface area contributed by atoms with Gasteiger partial charge in [-0.2, -0.15) is 0 Å². The SMILES string of the molecule is C[C@H]1CN([C@@H](C)CO)C(=O)c2cc(N(C)C)ccc2O[C@@H]1CN(C)Cc1ccncc1. The number of aliphatic hydroxyl groups excluding tert-OH is 1. The molecule has 7 nitrogen and oxygen atoms in total. The number of hydrogen-bond donors (Lipinski definition) is 1. The Bertz CT molecular complexity index is 874. The number of aliphatic hydroxyl groups is 1. The molecule has 1 aromatic carbocycles. The van der Waals surface area contributed by atoms with E-state index < -0.39 is 0 Å². The van der Waals surface area contributed by atoms with Crippen molar-refractivity contribution in [2.24, 2.45) is 5.92 Å². The zero-order valence-electron chi connectivity index (χ0n) is 19.2. The lowest BCUT2D eigenvalue weighted by Crippen LogP contribution is -2.49. The van der Waals surface area contributed by atoms with Gasteiger partial charge in [0.2, 0.25) is 0 Å². The Balaban J connectivity index is 1.89. The number of pyridine rings is 1. The summed E-state index contributed by atoms with van der Waals surface area (Å²) in [6, 6.07) is 9.50. The molecule has 0 spiro atoms. The average molecular weight is 427 g/mol. The molecule has 31 heavy (non-hydrogen) atoms. The highest BCUT2D eigenvalue weighted by Crippen LogP contribution is 2.31. The summed E-state index contributed by atoms with van der Waals surface area (Å²) in [7, 11) is 5.97. The molecule has 1 N–H and O–H groups in total. The van der Waals surface area contributed by atoms with Crippen molar-refractivity contribution in [3.63, 3.8) is 0 Å². The third-order valence-corrected chi connectivity index (χ3v) is 5.86. The summed E-state index contributed by atoms with van der Waals surface area (Å²) in [6.45, 7) is 5.95. The second-order valence-corrected chi connectivity index (χ2v) is 8.75. The molecule has 3 atom stereocenters. The topological polar surface area (TPSA) is 69.1 Å². The van der Waals surface area contributed by atoms with Gasteiger partial charge in [-0.25, -0.2) is 0 Å². The number of hydrogen-bond acceptors (Lipinski definition) is 6. The number of ether oxygens (including phenoxy) is 1. The Labute approximate surface area is 185 Å². The van der Waals surface area contributed by atoms with E-state index in [-0.39, 0.29) is 30.6 Å². The fourth-order valence-electron chi connectivity index (χ4n) is 3.88. The number of carbonyl (C=O) groups is 1. The summed E-state index contributed by atoms with van der Waals surface area (Å²) in [5.41, 5.74) is 2.67. The molecule has 1 aliphatic heterocycles. The molecule has 1 amide bonds. The number of fused-ring (bicyclic) bond motifs is 1. The molecule has 7 heteroatoms. The van der Waals surface area contributed by atoms with Crippen LogP contribution in [0.5, 0.6) is 5.75 Å². The minimum Gasteiger partial charge on any atom is -0.488 e. The largest absolute Gasteiger partial charge is 0.488 e. The summed E-state index contributed by atoms with van der Waals surface area (Å²) in [5, 5.41) is 9.77. The fourth-order valence-corrected chi connectivity index (χ4v) is 3.88. The highest BCUT2D eigenvalue weighted by molar-refractivity contribution is 5.98. The van der Waals surface area contributed by atoms with Crippen LogP contribution in [0.15, 0.2) is 42.7 Å². The van der Waals surface area contributed by atoms with Gasteiger partial charge in [-0.1, -0.05) is 6.92 Å². The number of nitrogens with zero attached hydrogens (tertiary/aromatic N) is 4. The molecule has 2 heterocycles. The van der Waals surface area contributed by atoms with Crippen LogP contribution in [0.3, 0.4) is 0 Å². The van der Waals surface area contributed by atoms with Crippen molar-refractivity contribution in [3.05, 3.63) is 53.9 Å². The first kappa shape index (κ1) is 23.0. The van der Waals surface area contributed by atoms with Crippen LogP contribution in [0.4, 0.5) is 5.69 Å². The van der Waals surface area contributed by atoms with E-state index in [0.29, 0.717) is 24.4 Å². The lowest BCUT2D eigenvalue weighted by atomic mass is 9.99. The van der Waals surface area contributed by atoms with E-state index in [9.17, 15) is 9.90 Å². The normalized spacial score (nSPS) is 20.0. The zero-order chi connectivity index (χ0) is 22.5. The van der Waals surface area contributed by atoms with Gasteiger partial charge < -0.3 is 19.6 Å². The number of amides is 1. The van der Waals surface area contributed by atoms with Crippen LogP contribution in [0.25, 0.3) is 0 Å². The molecule has 0 saturated heterocycles. The van der Waals surface area contributed by atoms with Gasteiger partial charge in [-0.05, 0) is 49.9 Å². The average Bonchev–Trinajstić information content (AvgIpc) is 2.75. The van der Waals surface area contributed by atoms with Crippen molar-refractivity contribution in [2.45, 2.75) is 32.5 Å². The maximum Gasteiger partial charge on any atom is 0.258 e. The highest BCUT2D eigenvalue weighted by Gasteiger charge is 2.33. The monoisotopic (exact) mass is 426 g/mol. The van der Waals surface area contributed by atoms with Crippen LogP contribution in [0.2, 0.25) is 0 Å². The minimum atomic E-state index is -0.265. The molecule has 0 radical (unpaired) electrons. The third-order valence-electron chi connectivity index (χ3n) is 5.86. The standard InChI is InChI=1S/C24H34N4O3/c1-17-13-28(18(2)16-29)24(30)21-12-20(26(3)4)6-7-22(21)31-23(17)15-27(5)14-19-8-10-25-11-9-19/h6-12,17-18,23,29H,13-16H2,1-5H3/t17-,18-,23+/m0/s1. The number of likely N-dealkylation sites (N-methyl/N-ethyl adjacent to an activating group) is 1. The van der Waals surface area contributed by atoms with Gasteiger partial charge in [0.25, 0.3) is 5.91 Å². The first-order valence-corrected chi connectivity index (χ1v) is 10.8. The number of anilines is 1. The van der Waals surface area contributed by atoms with E-state index in [1.165, 1.54) is 5.56 Å². The van der Waals surface area contributed by atoms with E-state index >= 15 is 0 Å². The minimum absolute atomic E-state index is 0.0748. The van der Waals surface area contributed by atoms with Crippen LogP contribution in [-0.4, -0.2) is 78.8 Å². The van der Waals surface area contributed by atoms with Gasteiger partial charge in [0.15, 0.2) is 0 Å². The molecule has 0 unspecified atom stereocenters. The van der Waals surface area contributed by atoms with Crippen molar-refractivity contribution in [3.8, 4) is 5.75 Å². The molecule has 0 saturated carbocycles. The Morgan fingerprint density at radius 2 is 1.94 bits per heavy atom. The van der Waals surface area contributed by atoms with Crippen molar-refractivity contribution in [1.29, 1.82) is 0 Å². The van der Waals surface area contributed by atoms with Crippen molar-refractivity contribution in [1.82, 2.24) is 14.8 Å². The second kappa shape index (κ2) is 10.1. The van der Waals surface area contributed by atoms with Crippen LogP contribution in [0, 0.1) is 5.92 Å². The molecule has 0 fully saturated rings. The van der Waals surface area contributed by atoms with Gasteiger partial charge in [-0.15, -0.1) is 0 Å². The van der Waals surface area contributed by atoms with Gasteiger partial charge >= 0.3 is 0 Å². The van der Waals surface area contributed by atoms with Gasteiger partial charge in [0.05, 0.1) is 18.2 Å². The highest BCUT2D eigenvalue weighted by atomic mass is 16.5. The van der Waals surface area contributed by atoms with E-state index in [4.69, 9.17) is 4.74 Å². The number of aromatic nitrogens is 1. The fraction of sp³-hybridized carbons (Fsp3) is 0.500. The van der Waals surface area contributed by atoms with Gasteiger partial charge in [0.1, 0.15) is 11.9 Å². The number of carbonyl (C=O) groups excluding carboxylic acids is 1. The maximum atomic E-state index is 13.4. The number of benzene rings is 1. The summed E-state index contributed by atoms with van der Waals surface area (Å²) >= 11 is 0. The van der Waals surface area contributed by atoms with Crippen LogP contribution < -0.4 is 9.64 Å². The molecule has 2 aromatic rings. The zero-order valence-corrected chi connectivity index (χ0v) is 19.2. The quantitative estimate of drug-likeness (QED) is 0.734. The van der Waals surface area contributed by atoms with Crippen LogP contribution in [0.1, 0.15) is 29.8 Å². The molecule has 0 bridgehead atoms. The molecular formula is C24H34N4O3. The van der Waals surface area contributed by atoms with Crippen LogP contribution in [-0.2, 0) is 6.54 Å². The van der Waals surface area contributed by atoms with Gasteiger partial charge in [-0.3, -0.25) is 14.7 Å². The van der Waals surface area contributed by atoms with Crippen molar-refractivity contribution >= 4 is 11.6 Å². The summed E-state index contributed by atoms with van der Waals surface area (Å²) in [4.78, 5) is 23.4. The molecule has 3 rings (SSSR count). The van der Waals surface area contributed by atoms with E-state index in [2.05, 4.69) is 23.9 Å². The first-order chi connectivity index (χ1) is 14.8. The maximum absolute atomic E-state index is 13.4. The second-order valence-electron chi connectivity index (χ2n) is 8.75. The molecule has 0 aliphatic carbocycles.